The Kier molecular flexibility index (Phi) is 13.2. The first-order valence-electron chi connectivity index (χ1n) is 19.3. The Bertz CT molecular complexity index is 1970. The van der Waals surface area contributed by atoms with E-state index in [2.05, 4.69) is 40.4 Å². The van der Waals surface area contributed by atoms with Crippen molar-refractivity contribution in [2.75, 3.05) is 76.7 Å². The summed E-state index contributed by atoms with van der Waals surface area (Å²) in [4.78, 5) is 62.4. The van der Waals surface area contributed by atoms with Crippen LogP contribution in [0.25, 0.3) is 0 Å². The SMILES string of the molecule is COc1ccc(OC)c(C(=O)c2cnc(NC3CCN(C(C)C(=O)C(C)N4CCC(Nc5ncc(C(=O)c6cc(OC)ccc6OC)c(N)n5)CC4)CC3)nc2N)c1. The number of ketones is 3. The maximum atomic E-state index is 13.7. The molecule has 0 bridgehead atoms. The van der Waals surface area contributed by atoms with E-state index in [4.69, 9.17) is 30.4 Å². The standard InChI is InChI=1S/C41H52N10O7/c1-23(50-15-11-25(12-16-50)46-40-44-21-31(38(42)48-40)36(53)29-19-27(55-3)7-9-33(29)57-5)35(52)24(2)51-17-13-26(14-18-51)47-41-45-22-32(39(43)49-41)37(54)30-20-28(56-4)8-10-34(30)58-6/h7-10,19-26H,11-18H2,1-6H3,(H3,42,44,46,48)(H3,43,45,47,49). The smallest absolute Gasteiger partial charge is 0.224 e. The van der Waals surface area contributed by atoms with Gasteiger partial charge in [-0.25, -0.2) is 9.97 Å². The maximum Gasteiger partial charge on any atom is 0.224 e. The topological polar surface area (TPSA) is 222 Å². The lowest BCUT2D eigenvalue weighted by Crippen LogP contribution is -2.54. The van der Waals surface area contributed by atoms with Gasteiger partial charge in [-0.05, 0) is 75.9 Å². The third-order valence-electron chi connectivity index (χ3n) is 11.1. The van der Waals surface area contributed by atoms with Gasteiger partial charge in [-0.3, -0.25) is 24.2 Å². The zero-order valence-electron chi connectivity index (χ0n) is 33.8. The number of hydrogen-bond acceptors (Lipinski definition) is 17. The first kappa shape index (κ1) is 41.6. The average Bonchev–Trinajstić information content (AvgIpc) is 3.25. The van der Waals surface area contributed by atoms with Gasteiger partial charge >= 0.3 is 0 Å². The van der Waals surface area contributed by atoms with Gasteiger partial charge in [0.25, 0.3) is 0 Å². The van der Waals surface area contributed by atoms with Gasteiger partial charge in [0.2, 0.25) is 23.5 Å². The summed E-state index contributed by atoms with van der Waals surface area (Å²) >= 11 is 0. The van der Waals surface area contributed by atoms with Crippen LogP contribution in [0.15, 0.2) is 48.8 Å². The van der Waals surface area contributed by atoms with Gasteiger partial charge in [0.15, 0.2) is 5.78 Å². The van der Waals surface area contributed by atoms with Crippen LogP contribution in [-0.4, -0.2) is 126 Å². The number of nitrogen functional groups attached to an aromatic ring is 2. The Labute approximate surface area is 337 Å². The summed E-state index contributed by atoms with van der Waals surface area (Å²) in [7, 11) is 6.02. The van der Waals surface area contributed by atoms with Crippen LogP contribution in [-0.2, 0) is 4.79 Å². The number of piperidine rings is 2. The monoisotopic (exact) mass is 796 g/mol. The Morgan fingerprint density at radius 1 is 0.621 bits per heavy atom. The van der Waals surface area contributed by atoms with Gasteiger partial charge in [0, 0.05) is 50.7 Å². The number of rotatable bonds is 16. The summed E-state index contributed by atoms with van der Waals surface area (Å²) < 4.78 is 21.3. The molecule has 6 rings (SSSR count). The number of ether oxygens (including phenoxy) is 4. The van der Waals surface area contributed by atoms with Crippen molar-refractivity contribution in [1.29, 1.82) is 0 Å². The average molecular weight is 797 g/mol. The van der Waals surface area contributed by atoms with Crippen LogP contribution in [0.4, 0.5) is 23.5 Å². The highest BCUT2D eigenvalue weighted by molar-refractivity contribution is 6.14. The Balaban J connectivity index is 0.961. The quantitative estimate of drug-likeness (QED) is 0.119. The van der Waals surface area contributed by atoms with E-state index in [9.17, 15) is 14.4 Å². The van der Waals surface area contributed by atoms with E-state index in [1.807, 2.05) is 13.8 Å². The van der Waals surface area contributed by atoms with Crippen molar-refractivity contribution < 1.29 is 33.3 Å². The van der Waals surface area contributed by atoms with Gasteiger partial charge in [0.05, 0.1) is 62.8 Å². The summed E-state index contributed by atoms with van der Waals surface area (Å²) in [6.07, 6.45) is 5.98. The van der Waals surface area contributed by atoms with Crippen molar-refractivity contribution in [3.63, 3.8) is 0 Å². The second-order valence-corrected chi connectivity index (χ2v) is 14.4. The molecule has 0 saturated carbocycles. The molecule has 4 aromatic rings. The van der Waals surface area contributed by atoms with E-state index < -0.39 is 0 Å². The number of nitrogens with two attached hydrogens (primary N) is 2. The highest BCUT2D eigenvalue weighted by Gasteiger charge is 2.34. The maximum absolute atomic E-state index is 13.7. The van der Waals surface area contributed by atoms with E-state index in [1.165, 1.54) is 40.8 Å². The van der Waals surface area contributed by atoms with Crippen molar-refractivity contribution in [2.24, 2.45) is 0 Å². The predicted octanol–water partition coefficient (Wildman–Crippen LogP) is 3.73. The molecule has 2 aliphatic heterocycles. The van der Waals surface area contributed by atoms with Gasteiger partial charge in [-0.2, -0.15) is 9.97 Å². The number of benzene rings is 2. The molecular weight excluding hydrogens is 745 g/mol. The molecule has 308 valence electrons. The summed E-state index contributed by atoms with van der Waals surface area (Å²) in [5, 5.41) is 6.71. The molecular formula is C41H52N10O7. The number of aromatic nitrogens is 4. The van der Waals surface area contributed by atoms with Crippen LogP contribution in [0, 0.1) is 0 Å². The van der Waals surface area contributed by atoms with Crippen LogP contribution >= 0.6 is 0 Å². The molecule has 0 aliphatic carbocycles. The zero-order chi connectivity index (χ0) is 41.5. The molecule has 0 amide bonds. The second-order valence-electron chi connectivity index (χ2n) is 14.4. The van der Waals surface area contributed by atoms with Crippen molar-refractivity contribution in [3.8, 4) is 23.0 Å². The fourth-order valence-corrected chi connectivity index (χ4v) is 7.49. The summed E-state index contributed by atoms with van der Waals surface area (Å²) in [6, 6.07) is 9.60. The number of Topliss-reactive ketones (excluding diaryl/α,β-unsaturated/α-hetero) is 1. The third kappa shape index (κ3) is 9.21. The Morgan fingerprint density at radius 2 is 1.00 bits per heavy atom. The van der Waals surface area contributed by atoms with Crippen LogP contribution < -0.4 is 41.0 Å². The number of carbonyl (C=O) groups excluding carboxylic acids is 3. The molecule has 2 saturated heterocycles. The summed E-state index contributed by atoms with van der Waals surface area (Å²) in [5.74, 6) is 2.06. The molecule has 2 aliphatic rings. The summed E-state index contributed by atoms with van der Waals surface area (Å²) in [5.41, 5.74) is 13.4. The number of methoxy groups -OCH3 is 4. The van der Waals surface area contributed by atoms with E-state index in [-0.39, 0.29) is 64.3 Å². The Hall–Kier alpha value is -6.07. The van der Waals surface area contributed by atoms with E-state index in [0.29, 0.717) is 46.0 Å². The second kappa shape index (κ2) is 18.5. The van der Waals surface area contributed by atoms with Crippen molar-refractivity contribution in [3.05, 3.63) is 71.0 Å². The largest absolute Gasteiger partial charge is 0.497 e. The molecule has 2 atom stereocenters. The van der Waals surface area contributed by atoms with Gasteiger partial charge in [-0.15, -0.1) is 0 Å². The normalized spacial score (nSPS) is 16.5. The van der Waals surface area contributed by atoms with Crippen LogP contribution in [0.3, 0.4) is 0 Å². The first-order chi connectivity index (χ1) is 27.9. The molecule has 2 aromatic heterocycles. The number of likely N-dealkylation sites (tertiary alicyclic amines) is 2. The van der Waals surface area contributed by atoms with E-state index >= 15 is 0 Å². The van der Waals surface area contributed by atoms with Crippen LogP contribution in [0.2, 0.25) is 0 Å². The number of anilines is 4. The zero-order valence-corrected chi connectivity index (χ0v) is 33.8. The van der Waals surface area contributed by atoms with Crippen molar-refractivity contribution in [1.82, 2.24) is 29.7 Å². The highest BCUT2D eigenvalue weighted by Crippen LogP contribution is 2.30. The summed E-state index contributed by atoms with van der Waals surface area (Å²) in [6.45, 7) is 6.88. The molecule has 4 heterocycles. The van der Waals surface area contributed by atoms with Gasteiger partial charge < -0.3 is 41.0 Å². The van der Waals surface area contributed by atoms with Crippen LogP contribution in [0.1, 0.15) is 71.4 Å². The lowest BCUT2D eigenvalue weighted by molar-refractivity contribution is -0.129. The minimum absolute atomic E-state index is 0.0605. The number of nitrogens with zero attached hydrogens (tertiary/aromatic N) is 6. The van der Waals surface area contributed by atoms with Gasteiger partial charge in [0.1, 0.15) is 34.6 Å². The lowest BCUT2D eigenvalue weighted by Gasteiger charge is -2.40. The Morgan fingerprint density at radius 3 is 1.33 bits per heavy atom. The predicted molar refractivity (Wildman–Crippen MR) is 219 cm³/mol. The number of nitrogens with one attached hydrogen (secondary N) is 2. The lowest BCUT2D eigenvalue weighted by atomic mass is 9.97. The molecule has 17 heteroatoms. The molecule has 2 fully saturated rings. The molecule has 2 aromatic carbocycles. The molecule has 0 radical (unpaired) electrons. The van der Waals surface area contributed by atoms with E-state index in [1.54, 1.807) is 36.4 Å². The molecule has 2 unspecified atom stereocenters. The van der Waals surface area contributed by atoms with E-state index in [0.717, 1.165) is 51.9 Å². The molecule has 6 N–H and O–H groups in total. The molecule has 17 nitrogen and oxygen atoms in total. The van der Waals surface area contributed by atoms with Crippen molar-refractivity contribution >= 4 is 40.9 Å². The molecule has 58 heavy (non-hydrogen) atoms. The third-order valence-corrected chi connectivity index (χ3v) is 11.1. The fourth-order valence-electron chi connectivity index (χ4n) is 7.49. The highest BCUT2D eigenvalue weighted by atomic mass is 16.5. The first-order valence-corrected chi connectivity index (χ1v) is 19.3. The number of carbonyl (C=O) groups is 3. The van der Waals surface area contributed by atoms with Crippen LogP contribution in [0.5, 0.6) is 23.0 Å². The minimum atomic E-state index is -0.369. The minimum Gasteiger partial charge on any atom is -0.497 e. The van der Waals surface area contributed by atoms with Crippen molar-refractivity contribution in [2.45, 2.75) is 63.7 Å². The molecule has 0 spiro atoms. The fraction of sp³-hybridized carbons (Fsp3) is 0.439. The van der Waals surface area contributed by atoms with Gasteiger partial charge in [-0.1, -0.05) is 0 Å². The number of hydrogen-bond donors (Lipinski definition) is 4.